The van der Waals surface area contributed by atoms with Crippen LogP contribution in [-0.4, -0.2) is 0 Å². The highest BCUT2D eigenvalue weighted by atomic mass is 16.3. The van der Waals surface area contributed by atoms with Gasteiger partial charge in [0.15, 0.2) is 0 Å². The van der Waals surface area contributed by atoms with E-state index in [0.717, 1.165) is 98.8 Å². The number of hydrogen-bond donors (Lipinski definition) is 0. The van der Waals surface area contributed by atoms with Gasteiger partial charge in [0.1, 0.15) is 22.3 Å². The molecule has 2 nitrogen and oxygen atoms in total. The molecule has 0 atom stereocenters. The minimum atomic E-state index is -0.409. The summed E-state index contributed by atoms with van der Waals surface area (Å²) in [5.74, 6) is 0. The molecule has 0 bridgehead atoms. The Hall–Kier alpha value is -6.90. The topological polar surface area (TPSA) is 26.3 Å². The molecule has 0 fully saturated rings. The zero-order valence-electron chi connectivity index (χ0n) is 32.8. The summed E-state index contributed by atoms with van der Waals surface area (Å²) >= 11 is 0. The van der Waals surface area contributed by atoms with Crippen molar-refractivity contribution in [2.45, 2.75) is 0 Å². The highest BCUT2D eigenvalue weighted by Crippen LogP contribution is 2.47. The Bertz CT molecular complexity index is 3400. The monoisotopic (exact) mass is 667 g/mol. The van der Waals surface area contributed by atoms with Gasteiger partial charge in [0.05, 0.1) is 6.85 Å². The Morgan fingerprint density at radius 1 is 0.327 bits per heavy atom. The van der Waals surface area contributed by atoms with Gasteiger partial charge in [-0.05, 0) is 96.9 Å². The smallest absolute Gasteiger partial charge is 0.136 e. The van der Waals surface area contributed by atoms with Crippen LogP contribution in [0.2, 0.25) is 0 Å². The first-order valence-electron chi connectivity index (χ1n) is 19.8. The predicted octanol–water partition coefficient (Wildman–Crippen LogP) is 14.5. The van der Waals surface area contributed by atoms with Gasteiger partial charge in [-0.15, -0.1) is 0 Å². The van der Waals surface area contributed by atoms with Crippen molar-refractivity contribution in [1.29, 1.82) is 0 Å². The summed E-state index contributed by atoms with van der Waals surface area (Å²) in [5, 5.41) is 7.64. The molecule has 2 heterocycles. The molecule has 0 N–H and O–H groups in total. The van der Waals surface area contributed by atoms with Gasteiger partial charge in [-0.25, -0.2) is 0 Å². The van der Waals surface area contributed by atoms with E-state index in [0.29, 0.717) is 5.56 Å². The minimum absolute atomic E-state index is 0.193. The first-order valence-corrected chi connectivity index (χ1v) is 17.3. The molecule has 11 rings (SSSR count). The van der Waals surface area contributed by atoms with E-state index in [2.05, 4.69) is 78.9 Å². The fourth-order valence-corrected chi connectivity index (χ4v) is 8.16. The van der Waals surface area contributed by atoms with Gasteiger partial charge in [0.25, 0.3) is 0 Å². The van der Waals surface area contributed by atoms with Crippen LogP contribution in [-0.2, 0) is 0 Å². The van der Waals surface area contributed by atoms with E-state index >= 15 is 0 Å². The Morgan fingerprint density at radius 3 is 1.56 bits per heavy atom. The molecule has 0 saturated carbocycles. The van der Waals surface area contributed by atoms with Crippen LogP contribution in [0, 0.1) is 0 Å². The lowest BCUT2D eigenvalue weighted by atomic mass is 9.84. The van der Waals surface area contributed by atoms with Crippen LogP contribution >= 0.6 is 0 Å². The van der Waals surface area contributed by atoms with Crippen LogP contribution in [0.3, 0.4) is 0 Å². The van der Waals surface area contributed by atoms with Gasteiger partial charge >= 0.3 is 0 Å². The third-order valence-corrected chi connectivity index (χ3v) is 10.4. The molecule has 242 valence electrons. The molecule has 0 saturated heterocycles. The number of fused-ring (bicyclic) bond motifs is 8. The SMILES string of the molecule is [2H]c1c([2H])c([2H])c(-c2c3ccccc3c(-c3cccc(-c4c(-c5ccc6c(c5)oc5ccccc56)ccc5oc6ccccc6c45)c3)c3ccccc23)c([2H])c1[2H]. The Labute approximate surface area is 306 Å². The molecule has 0 spiro atoms. The quantitative estimate of drug-likeness (QED) is 0.175. The molecule has 0 aliphatic carbocycles. The summed E-state index contributed by atoms with van der Waals surface area (Å²) in [6, 6.07) is 49.8. The van der Waals surface area contributed by atoms with Crippen molar-refractivity contribution in [3.8, 4) is 44.5 Å². The molecule has 2 heteroatoms. The van der Waals surface area contributed by atoms with Crippen molar-refractivity contribution in [3.05, 3.63) is 182 Å². The van der Waals surface area contributed by atoms with E-state index in [4.69, 9.17) is 15.7 Å². The fraction of sp³-hybridized carbons (Fsp3) is 0. The van der Waals surface area contributed by atoms with Crippen molar-refractivity contribution in [1.82, 2.24) is 0 Å². The lowest BCUT2D eigenvalue weighted by molar-refractivity contribution is 0.669. The lowest BCUT2D eigenvalue weighted by Gasteiger charge is -2.19. The van der Waals surface area contributed by atoms with E-state index < -0.39 is 6.04 Å². The molecule has 0 amide bonds. The average molecular weight is 668 g/mol. The second kappa shape index (κ2) is 11.3. The van der Waals surface area contributed by atoms with Gasteiger partial charge in [-0.1, -0.05) is 145 Å². The highest BCUT2D eigenvalue weighted by molar-refractivity contribution is 6.22. The van der Waals surface area contributed by atoms with Crippen LogP contribution in [0.15, 0.2) is 191 Å². The van der Waals surface area contributed by atoms with Crippen molar-refractivity contribution in [2.75, 3.05) is 0 Å². The largest absolute Gasteiger partial charge is 0.456 e. The van der Waals surface area contributed by atoms with Gasteiger partial charge in [-0.2, -0.15) is 0 Å². The molecule has 52 heavy (non-hydrogen) atoms. The molecule has 9 aromatic carbocycles. The average Bonchev–Trinajstić information content (AvgIpc) is 3.82. The fourth-order valence-electron chi connectivity index (χ4n) is 8.16. The van der Waals surface area contributed by atoms with E-state index in [1.165, 1.54) is 0 Å². The number of benzene rings is 9. The Balaban J connectivity index is 1.20. The molecule has 0 unspecified atom stereocenters. The third-order valence-electron chi connectivity index (χ3n) is 10.4. The number of hydrogen-bond acceptors (Lipinski definition) is 2. The van der Waals surface area contributed by atoms with Gasteiger partial charge < -0.3 is 8.83 Å². The van der Waals surface area contributed by atoms with Gasteiger partial charge in [0, 0.05) is 27.1 Å². The van der Waals surface area contributed by atoms with E-state index in [1.54, 1.807) is 0 Å². The third kappa shape index (κ3) is 4.31. The Kier molecular flexibility index (Phi) is 5.28. The molecule has 0 aliphatic heterocycles. The predicted molar refractivity (Wildman–Crippen MR) is 218 cm³/mol. The van der Waals surface area contributed by atoms with Crippen LogP contribution in [0.1, 0.15) is 6.85 Å². The van der Waals surface area contributed by atoms with Crippen LogP contribution in [0.4, 0.5) is 0 Å². The molecule has 11 aromatic rings. The molecular weight excluding hydrogens is 633 g/mol. The first kappa shape index (κ1) is 24.3. The Morgan fingerprint density at radius 2 is 0.865 bits per heavy atom. The maximum absolute atomic E-state index is 8.95. The minimum Gasteiger partial charge on any atom is -0.456 e. The number of para-hydroxylation sites is 2. The van der Waals surface area contributed by atoms with E-state index in [-0.39, 0.29) is 29.7 Å². The maximum atomic E-state index is 8.95. The molecule has 0 aliphatic rings. The second-order valence-corrected chi connectivity index (χ2v) is 13.2. The zero-order valence-corrected chi connectivity index (χ0v) is 27.8. The highest BCUT2D eigenvalue weighted by Gasteiger charge is 2.21. The summed E-state index contributed by atoms with van der Waals surface area (Å²) in [7, 11) is 0. The number of furan rings is 2. The van der Waals surface area contributed by atoms with Gasteiger partial charge in [0.2, 0.25) is 0 Å². The maximum Gasteiger partial charge on any atom is 0.136 e. The van der Waals surface area contributed by atoms with Crippen LogP contribution < -0.4 is 0 Å². The summed E-state index contributed by atoms with van der Waals surface area (Å²) in [6.45, 7) is 0. The van der Waals surface area contributed by atoms with Crippen LogP contribution in [0.5, 0.6) is 0 Å². The first-order chi connectivity index (χ1) is 27.9. The standard InChI is InChI=1S/C50H30O2/c1-2-13-31(14-3-1)47-38-18-4-6-20-40(38)48(41-21-7-5-19-39(41)47)33-15-12-16-34(29-33)49-35(27-28-45-50(49)42-22-9-11-24-44(42)51-45)32-25-26-37-36-17-8-10-23-43(36)52-46(37)30-32/h1-30H/i1D,2D,3D,13D,14D. The van der Waals surface area contributed by atoms with Crippen molar-refractivity contribution < 1.29 is 15.7 Å². The summed E-state index contributed by atoms with van der Waals surface area (Å²) < 4.78 is 56.0. The van der Waals surface area contributed by atoms with Crippen LogP contribution in [0.25, 0.3) is 110 Å². The normalized spacial score (nSPS) is 13.2. The van der Waals surface area contributed by atoms with Crippen molar-refractivity contribution in [3.63, 3.8) is 0 Å². The molecule has 2 aromatic heterocycles. The molecular formula is C50H30O2. The summed E-state index contributed by atoms with van der Waals surface area (Å²) in [5.41, 5.74) is 10.2. The van der Waals surface area contributed by atoms with E-state index in [1.807, 2.05) is 72.8 Å². The lowest BCUT2D eigenvalue weighted by Crippen LogP contribution is -1.92. The van der Waals surface area contributed by atoms with Crippen molar-refractivity contribution >= 4 is 65.4 Å². The second-order valence-electron chi connectivity index (χ2n) is 13.2. The number of rotatable bonds is 4. The summed E-state index contributed by atoms with van der Waals surface area (Å²) in [6.07, 6.45) is 0. The zero-order chi connectivity index (χ0) is 38.5. The van der Waals surface area contributed by atoms with E-state index in [9.17, 15) is 0 Å². The molecule has 0 radical (unpaired) electrons. The summed E-state index contributed by atoms with van der Waals surface area (Å²) in [4.78, 5) is 0. The van der Waals surface area contributed by atoms with Gasteiger partial charge in [-0.3, -0.25) is 0 Å². The van der Waals surface area contributed by atoms with Crippen molar-refractivity contribution in [2.24, 2.45) is 0 Å².